The van der Waals surface area contributed by atoms with Crippen molar-refractivity contribution in [1.29, 1.82) is 0 Å². The SMILES string of the molecule is CN(CCc1cccs1)C(=O)c1nc[nH]c1C(=O)O. The van der Waals surface area contributed by atoms with E-state index < -0.39 is 11.9 Å². The first-order valence-electron chi connectivity index (χ1n) is 5.64. The zero-order valence-corrected chi connectivity index (χ0v) is 11.1. The third kappa shape index (κ3) is 3.00. The van der Waals surface area contributed by atoms with Gasteiger partial charge in [0.25, 0.3) is 5.91 Å². The molecule has 2 heterocycles. The van der Waals surface area contributed by atoms with E-state index >= 15 is 0 Å². The number of hydrogen-bond acceptors (Lipinski definition) is 4. The van der Waals surface area contributed by atoms with Gasteiger partial charge in [0.05, 0.1) is 6.33 Å². The van der Waals surface area contributed by atoms with E-state index in [1.165, 1.54) is 16.1 Å². The smallest absolute Gasteiger partial charge is 0.354 e. The average Bonchev–Trinajstić information content (AvgIpc) is 3.05. The van der Waals surface area contributed by atoms with Crippen molar-refractivity contribution in [1.82, 2.24) is 14.9 Å². The van der Waals surface area contributed by atoms with Crippen molar-refractivity contribution in [3.8, 4) is 0 Å². The normalized spacial score (nSPS) is 10.4. The number of hydrogen-bond donors (Lipinski definition) is 2. The number of nitrogens with one attached hydrogen (secondary N) is 1. The summed E-state index contributed by atoms with van der Waals surface area (Å²) in [7, 11) is 1.64. The number of nitrogens with zero attached hydrogens (tertiary/aromatic N) is 2. The number of aromatic amines is 1. The van der Waals surface area contributed by atoms with Crippen LogP contribution in [0.2, 0.25) is 0 Å². The van der Waals surface area contributed by atoms with Gasteiger partial charge < -0.3 is 15.0 Å². The number of carboxylic acid groups (broad SMARTS) is 1. The van der Waals surface area contributed by atoms with Crippen LogP contribution >= 0.6 is 11.3 Å². The first-order valence-corrected chi connectivity index (χ1v) is 6.52. The monoisotopic (exact) mass is 279 g/mol. The molecule has 100 valence electrons. The van der Waals surface area contributed by atoms with Crippen molar-refractivity contribution in [2.45, 2.75) is 6.42 Å². The summed E-state index contributed by atoms with van der Waals surface area (Å²) in [5, 5.41) is 10.9. The van der Waals surface area contributed by atoms with Crippen LogP contribution in [0.4, 0.5) is 0 Å². The maximum atomic E-state index is 12.1. The molecule has 0 aliphatic carbocycles. The molecule has 0 atom stereocenters. The standard InChI is InChI=1S/C12H13N3O3S/c1-15(5-4-8-3-2-6-19-8)11(16)9-10(12(17)18)14-7-13-9/h2-3,6-7H,4-5H2,1H3,(H,13,14)(H,17,18). The third-order valence-electron chi connectivity index (χ3n) is 2.68. The number of aromatic carboxylic acids is 1. The Morgan fingerprint density at radius 3 is 2.95 bits per heavy atom. The molecule has 0 unspecified atom stereocenters. The van der Waals surface area contributed by atoms with Gasteiger partial charge in [0.2, 0.25) is 0 Å². The highest BCUT2D eigenvalue weighted by Gasteiger charge is 2.22. The Morgan fingerprint density at radius 2 is 2.32 bits per heavy atom. The lowest BCUT2D eigenvalue weighted by Gasteiger charge is -2.15. The maximum absolute atomic E-state index is 12.1. The van der Waals surface area contributed by atoms with Crippen LogP contribution in [0.25, 0.3) is 0 Å². The minimum Gasteiger partial charge on any atom is -0.477 e. The van der Waals surface area contributed by atoms with Crippen molar-refractivity contribution in [2.75, 3.05) is 13.6 Å². The second kappa shape index (κ2) is 5.66. The van der Waals surface area contributed by atoms with Crippen LogP contribution in [0.5, 0.6) is 0 Å². The van der Waals surface area contributed by atoms with E-state index in [2.05, 4.69) is 9.97 Å². The molecule has 7 heteroatoms. The molecule has 2 aromatic rings. The van der Waals surface area contributed by atoms with Crippen LogP contribution in [-0.4, -0.2) is 45.4 Å². The number of thiophene rings is 1. The second-order valence-corrected chi connectivity index (χ2v) is 5.02. The Morgan fingerprint density at radius 1 is 1.53 bits per heavy atom. The molecule has 0 aliphatic rings. The predicted molar refractivity (Wildman–Crippen MR) is 70.5 cm³/mol. The molecular weight excluding hydrogens is 266 g/mol. The summed E-state index contributed by atoms with van der Waals surface area (Å²) >= 11 is 1.63. The number of imidazole rings is 1. The predicted octanol–water partition coefficient (Wildman–Crippen LogP) is 1.48. The number of carbonyl (C=O) groups excluding carboxylic acids is 1. The van der Waals surface area contributed by atoms with Crippen LogP contribution in [0.3, 0.4) is 0 Å². The quantitative estimate of drug-likeness (QED) is 0.868. The van der Waals surface area contributed by atoms with E-state index in [0.717, 1.165) is 6.42 Å². The Labute approximate surface area is 113 Å². The molecule has 0 bridgehead atoms. The number of H-pyrrole nitrogens is 1. The highest BCUT2D eigenvalue weighted by atomic mass is 32.1. The Hall–Kier alpha value is -2.15. The number of carboxylic acids is 1. The van der Waals surface area contributed by atoms with E-state index in [9.17, 15) is 9.59 Å². The summed E-state index contributed by atoms with van der Waals surface area (Å²) in [4.78, 5) is 31.9. The molecule has 6 nitrogen and oxygen atoms in total. The topological polar surface area (TPSA) is 86.3 Å². The van der Waals surface area contributed by atoms with Gasteiger partial charge in [-0.05, 0) is 17.9 Å². The Kier molecular flexibility index (Phi) is 3.96. The summed E-state index contributed by atoms with van der Waals surface area (Å²) in [6, 6.07) is 3.96. The van der Waals surface area contributed by atoms with Crippen LogP contribution in [0.1, 0.15) is 25.9 Å². The minimum atomic E-state index is -1.19. The molecule has 0 fully saturated rings. The van der Waals surface area contributed by atoms with Crippen molar-refractivity contribution in [3.05, 3.63) is 40.1 Å². The van der Waals surface area contributed by atoms with Gasteiger partial charge in [-0.25, -0.2) is 9.78 Å². The number of carbonyl (C=O) groups is 2. The Bertz CT molecular complexity index is 577. The lowest BCUT2D eigenvalue weighted by Crippen LogP contribution is -2.30. The largest absolute Gasteiger partial charge is 0.477 e. The van der Waals surface area contributed by atoms with Crippen LogP contribution < -0.4 is 0 Å². The van der Waals surface area contributed by atoms with Gasteiger partial charge in [-0.3, -0.25) is 4.79 Å². The maximum Gasteiger partial charge on any atom is 0.354 e. The van der Waals surface area contributed by atoms with Crippen LogP contribution in [-0.2, 0) is 6.42 Å². The molecule has 0 aliphatic heterocycles. The van der Waals surface area contributed by atoms with Gasteiger partial charge in [0, 0.05) is 18.5 Å². The number of amides is 1. The molecule has 0 saturated carbocycles. The molecule has 0 radical (unpaired) electrons. The summed E-state index contributed by atoms with van der Waals surface area (Å²) < 4.78 is 0. The fourth-order valence-electron chi connectivity index (χ4n) is 1.63. The minimum absolute atomic E-state index is 0.0545. The molecule has 2 N–H and O–H groups in total. The summed E-state index contributed by atoms with van der Waals surface area (Å²) in [5.74, 6) is -1.58. The fraction of sp³-hybridized carbons (Fsp3) is 0.250. The van der Waals surface area contributed by atoms with Gasteiger partial charge in [-0.1, -0.05) is 6.07 Å². The van der Waals surface area contributed by atoms with Crippen molar-refractivity contribution >= 4 is 23.2 Å². The molecular formula is C12H13N3O3S. The van der Waals surface area contributed by atoms with Crippen LogP contribution in [0.15, 0.2) is 23.8 Å². The van der Waals surface area contributed by atoms with E-state index in [1.54, 1.807) is 18.4 Å². The first kappa shape index (κ1) is 13.3. The van der Waals surface area contributed by atoms with Crippen LogP contribution in [0, 0.1) is 0 Å². The Balaban J connectivity index is 2.02. The fourth-order valence-corrected chi connectivity index (χ4v) is 2.33. The van der Waals surface area contributed by atoms with E-state index in [4.69, 9.17) is 5.11 Å². The second-order valence-electron chi connectivity index (χ2n) is 3.99. The number of aromatic nitrogens is 2. The van der Waals surface area contributed by atoms with Gasteiger partial charge in [-0.15, -0.1) is 11.3 Å². The molecule has 1 amide bonds. The molecule has 0 spiro atoms. The van der Waals surface area contributed by atoms with Gasteiger partial charge in [-0.2, -0.15) is 0 Å². The van der Waals surface area contributed by atoms with Crippen molar-refractivity contribution in [2.24, 2.45) is 0 Å². The zero-order valence-electron chi connectivity index (χ0n) is 10.3. The summed E-state index contributed by atoms with van der Waals surface area (Å²) in [5.41, 5.74) is -0.228. The van der Waals surface area contributed by atoms with Crippen molar-refractivity contribution in [3.63, 3.8) is 0 Å². The molecule has 0 aromatic carbocycles. The summed E-state index contributed by atoms with van der Waals surface area (Å²) in [6.07, 6.45) is 1.95. The van der Waals surface area contributed by atoms with E-state index in [1.807, 2.05) is 17.5 Å². The third-order valence-corrected chi connectivity index (χ3v) is 3.61. The van der Waals surface area contributed by atoms with Gasteiger partial charge >= 0.3 is 5.97 Å². The highest BCUT2D eigenvalue weighted by Crippen LogP contribution is 2.11. The number of rotatable bonds is 5. The average molecular weight is 279 g/mol. The van der Waals surface area contributed by atoms with E-state index in [-0.39, 0.29) is 11.4 Å². The number of likely N-dealkylation sites (N-methyl/N-ethyl adjacent to an activating group) is 1. The highest BCUT2D eigenvalue weighted by molar-refractivity contribution is 7.09. The lowest BCUT2D eigenvalue weighted by molar-refractivity contribution is 0.0675. The van der Waals surface area contributed by atoms with Gasteiger partial charge in [0.1, 0.15) is 0 Å². The lowest BCUT2D eigenvalue weighted by atomic mass is 10.2. The van der Waals surface area contributed by atoms with Gasteiger partial charge in [0.15, 0.2) is 11.4 Å². The zero-order chi connectivity index (χ0) is 13.8. The molecule has 2 rings (SSSR count). The molecule has 0 saturated heterocycles. The van der Waals surface area contributed by atoms with Crippen molar-refractivity contribution < 1.29 is 14.7 Å². The summed E-state index contributed by atoms with van der Waals surface area (Å²) in [6.45, 7) is 0.519. The molecule has 2 aromatic heterocycles. The molecule has 19 heavy (non-hydrogen) atoms. The first-order chi connectivity index (χ1) is 9.09. The van der Waals surface area contributed by atoms with E-state index in [0.29, 0.717) is 6.54 Å².